The third-order valence-corrected chi connectivity index (χ3v) is 3.09. The van der Waals surface area contributed by atoms with Crippen LogP contribution in [0.3, 0.4) is 0 Å². The number of nitrogens with one attached hydrogen (secondary N) is 1. The molecule has 0 saturated heterocycles. The molecule has 1 aliphatic rings. The fourth-order valence-corrected chi connectivity index (χ4v) is 2.14. The van der Waals surface area contributed by atoms with Crippen LogP contribution in [0.25, 0.3) is 0 Å². The molecule has 3 nitrogen and oxygen atoms in total. The Labute approximate surface area is 86.7 Å². The highest BCUT2D eigenvalue weighted by atomic mass is 15.0. The molecule has 0 spiro atoms. The van der Waals surface area contributed by atoms with E-state index in [0.717, 1.165) is 19.4 Å². The van der Waals surface area contributed by atoms with E-state index in [1.807, 2.05) is 0 Å². The largest absolute Gasteiger partial charge is 0.326 e. The standard InChI is InChI=1S/C11H21N3/c1-11(2)5-4-9(13)10(8-11)14-7-3-6-12/h9-10,14H,3-5,7-8,13H2,1-2H3. The number of rotatable bonds is 3. The van der Waals surface area contributed by atoms with E-state index in [2.05, 4.69) is 25.2 Å². The highest BCUT2D eigenvalue weighted by Crippen LogP contribution is 2.34. The maximum Gasteiger partial charge on any atom is 0.0635 e. The van der Waals surface area contributed by atoms with Gasteiger partial charge in [0.15, 0.2) is 0 Å². The van der Waals surface area contributed by atoms with Gasteiger partial charge in [-0.15, -0.1) is 0 Å². The summed E-state index contributed by atoms with van der Waals surface area (Å²) in [5.74, 6) is 0. The van der Waals surface area contributed by atoms with Gasteiger partial charge in [-0.1, -0.05) is 13.8 Å². The molecule has 0 aliphatic heterocycles. The summed E-state index contributed by atoms with van der Waals surface area (Å²) in [7, 11) is 0. The van der Waals surface area contributed by atoms with E-state index in [-0.39, 0.29) is 6.04 Å². The van der Waals surface area contributed by atoms with Gasteiger partial charge in [0.1, 0.15) is 0 Å². The highest BCUT2D eigenvalue weighted by Gasteiger charge is 2.32. The molecular formula is C11H21N3. The van der Waals surface area contributed by atoms with Crippen LogP contribution in [0.5, 0.6) is 0 Å². The highest BCUT2D eigenvalue weighted by molar-refractivity contribution is 4.91. The molecule has 0 aromatic rings. The van der Waals surface area contributed by atoms with E-state index >= 15 is 0 Å². The second-order valence-electron chi connectivity index (χ2n) is 5.04. The lowest BCUT2D eigenvalue weighted by Crippen LogP contribution is -2.51. The van der Waals surface area contributed by atoms with Crippen molar-refractivity contribution in [2.75, 3.05) is 6.54 Å². The summed E-state index contributed by atoms with van der Waals surface area (Å²) in [6.07, 6.45) is 4.01. The van der Waals surface area contributed by atoms with E-state index in [1.165, 1.54) is 6.42 Å². The Morgan fingerprint density at radius 3 is 2.93 bits per heavy atom. The van der Waals surface area contributed by atoms with Crippen molar-refractivity contribution in [3.8, 4) is 6.07 Å². The lowest BCUT2D eigenvalue weighted by molar-refractivity contribution is 0.178. The third-order valence-electron chi connectivity index (χ3n) is 3.09. The van der Waals surface area contributed by atoms with Crippen molar-refractivity contribution < 1.29 is 0 Å². The molecular weight excluding hydrogens is 174 g/mol. The molecule has 80 valence electrons. The van der Waals surface area contributed by atoms with E-state index in [1.54, 1.807) is 0 Å². The summed E-state index contributed by atoms with van der Waals surface area (Å²) in [4.78, 5) is 0. The molecule has 0 heterocycles. The van der Waals surface area contributed by atoms with Crippen LogP contribution in [0.2, 0.25) is 0 Å². The van der Waals surface area contributed by atoms with E-state index in [9.17, 15) is 0 Å². The van der Waals surface area contributed by atoms with Crippen molar-refractivity contribution in [2.24, 2.45) is 11.1 Å². The minimum atomic E-state index is 0.265. The van der Waals surface area contributed by atoms with Crippen LogP contribution in [-0.2, 0) is 0 Å². The molecule has 0 aromatic carbocycles. The maximum atomic E-state index is 8.44. The molecule has 0 bridgehead atoms. The topological polar surface area (TPSA) is 61.8 Å². The lowest BCUT2D eigenvalue weighted by Gasteiger charge is -2.39. The summed E-state index contributed by atoms with van der Waals surface area (Å²) >= 11 is 0. The van der Waals surface area contributed by atoms with Crippen molar-refractivity contribution in [2.45, 2.75) is 51.6 Å². The summed E-state index contributed by atoms with van der Waals surface area (Å²) in [6.45, 7) is 5.35. The van der Waals surface area contributed by atoms with Crippen LogP contribution in [-0.4, -0.2) is 18.6 Å². The quantitative estimate of drug-likeness (QED) is 0.669. The van der Waals surface area contributed by atoms with Crippen LogP contribution in [0.1, 0.15) is 39.5 Å². The molecule has 0 aromatic heterocycles. The van der Waals surface area contributed by atoms with Crippen molar-refractivity contribution in [1.29, 1.82) is 5.26 Å². The number of nitrogens with zero attached hydrogens (tertiary/aromatic N) is 1. The molecule has 1 saturated carbocycles. The van der Waals surface area contributed by atoms with E-state index in [0.29, 0.717) is 17.9 Å². The minimum Gasteiger partial charge on any atom is -0.326 e. The first-order valence-corrected chi connectivity index (χ1v) is 5.41. The fraction of sp³-hybridized carbons (Fsp3) is 0.909. The first-order chi connectivity index (χ1) is 6.55. The van der Waals surface area contributed by atoms with E-state index in [4.69, 9.17) is 11.0 Å². The molecule has 0 radical (unpaired) electrons. The zero-order valence-corrected chi connectivity index (χ0v) is 9.21. The second kappa shape index (κ2) is 4.77. The van der Waals surface area contributed by atoms with Crippen LogP contribution in [0.4, 0.5) is 0 Å². The SMILES string of the molecule is CC1(C)CCC(N)C(NCCC#N)C1. The Morgan fingerprint density at radius 1 is 1.57 bits per heavy atom. The van der Waals surface area contributed by atoms with E-state index < -0.39 is 0 Å². The monoisotopic (exact) mass is 195 g/mol. The van der Waals surface area contributed by atoms with Gasteiger partial charge in [-0.3, -0.25) is 0 Å². The summed E-state index contributed by atoms with van der Waals surface area (Å²) in [6, 6.07) is 2.80. The average Bonchev–Trinajstić information content (AvgIpc) is 2.11. The van der Waals surface area contributed by atoms with Crippen molar-refractivity contribution in [1.82, 2.24) is 5.32 Å². The molecule has 3 heteroatoms. The van der Waals surface area contributed by atoms with Crippen LogP contribution in [0, 0.1) is 16.7 Å². The van der Waals surface area contributed by atoms with Crippen LogP contribution in [0.15, 0.2) is 0 Å². The average molecular weight is 195 g/mol. The first kappa shape index (κ1) is 11.5. The molecule has 1 rings (SSSR count). The van der Waals surface area contributed by atoms with Gasteiger partial charge in [0.05, 0.1) is 6.07 Å². The van der Waals surface area contributed by atoms with Gasteiger partial charge in [-0.25, -0.2) is 0 Å². The second-order valence-corrected chi connectivity index (χ2v) is 5.04. The van der Waals surface area contributed by atoms with Gasteiger partial charge < -0.3 is 11.1 Å². The fourth-order valence-electron chi connectivity index (χ4n) is 2.14. The Balaban J connectivity index is 2.38. The predicted molar refractivity (Wildman–Crippen MR) is 57.6 cm³/mol. The zero-order chi connectivity index (χ0) is 10.6. The Kier molecular flexibility index (Phi) is 3.91. The van der Waals surface area contributed by atoms with Gasteiger partial charge in [0, 0.05) is 25.0 Å². The predicted octanol–water partition coefficient (Wildman–Crippen LogP) is 1.40. The van der Waals surface area contributed by atoms with Gasteiger partial charge in [-0.2, -0.15) is 5.26 Å². The first-order valence-electron chi connectivity index (χ1n) is 5.41. The van der Waals surface area contributed by atoms with Crippen LogP contribution >= 0.6 is 0 Å². The normalized spacial score (nSPS) is 31.0. The third kappa shape index (κ3) is 3.28. The maximum absolute atomic E-state index is 8.44. The van der Waals surface area contributed by atoms with Gasteiger partial charge in [0.2, 0.25) is 0 Å². The van der Waals surface area contributed by atoms with Crippen LogP contribution < -0.4 is 11.1 Å². The summed E-state index contributed by atoms with van der Waals surface area (Å²) in [5.41, 5.74) is 6.44. The molecule has 1 fully saturated rings. The van der Waals surface area contributed by atoms with Crippen molar-refractivity contribution in [3.05, 3.63) is 0 Å². The van der Waals surface area contributed by atoms with Gasteiger partial charge in [0.25, 0.3) is 0 Å². The van der Waals surface area contributed by atoms with Crippen molar-refractivity contribution in [3.63, 3.8) is 0 Å². The zero-order valence-electron chi connectivity index (χ0n) is 9.21. The molecule has 2 unspecified atom stereocenters. The molecule has 14 heavy (non-hydrogen) atoms. The Morgan fingerprint density at radius 2 is 2.29 bits per heavy atom. The Hall–Kier alpha value is -0.590. The molecule has 1 aliphatic carbocycles. The minimum absolute atomic E-state index is 0.265. The summed E-state index contributed by atoms with van der Waals surface area (Å²) < 4.78 is 0. The molecule has 3 N–H and O–H groups in total. The summed E-state index contributed by atoms with van der Waals surface area (Å²) in [5, 5.41) is 11.8. The Bertz CT molecular complexity index is 217. The lowest BCUT2D eigenvalue weighted by atomic mass is 9.73. The number of nitriles is 1. The van der Waals surface area contributed by atoms with Gasteiger partial charge in [-0.05, 0) is 24.7 Å². The number of nitrogens with two attached hydrogens (primary N) is 1. The number of hydrogen-bond acceptors (Lipinski definition) is 3. The molecule has 2 atom stereocenters. The van der Waals surface area contributed by atoms with Gasteiger partial charge >= 0.3 is 0 Å². The smallest absolute Gasteiger partial charge is 0.0635 e. The molecule has 0 amide bonds. The van der Waals surface area contributed by atoms with Crippen molar-refractivity contribution >= 4 is 0 Å². The number of hydrogen-bond donors (Lipinski definition) is 2.